The summed E-state index contributed by atoms with van der Waals surface area (Å²) >= 11 is 1.46. The Morgan fingerprint density at radius 1 is 0.879 bits per heavy atom. The van der Waals surface area contributed by atoms with Gasteiger partial charge < -0.3 is 9.47 Å². The lowest BCUT2D eigenvalue weighted by atomic mass is 10.1. The van der Waals surface area contributed by atoms with Gasteiger partial charge in [0.15, 0.2) is 5.17 Å². The van der Waals surface area contributed by atoms with Crippen LogP contribution in [0.4, 0.5) is 11.4 Å². The molecule has 2 aromatic rings. The molecule has 0 spiro atoms. The summed E-state index contributed by atoms with van der Waals surface area (Å²) in [6, 6.07) is 15.4. The highest BCUT2D eigenvalue weighted by Gasteiger charge is 2.29. The quantitative estimate of drug-likeness (QED) is 0.334. The lowest BCUT2D eigenvalue weighted by Gasteiger charge is -2.17. The Morgan fingerprint density at radius 2 is 1.39 bits per heavy atom. The van der Waals surface area contributed by atoms with Crippen LogP contribution in [0.2, 0.25) is 0 Å². The lowest BCUT2D eigenvalue weighted by molar-refractivity contribution is -0.115. The fraction of sp³-hybridized carbons (Fsp3) is 0.481. The Kier molecular flexibility index (Phi) is 9.67. The molecule has 5 nitrogen and oxygen atoms in total. The molecule has 0 aliphatic carbocycles. The van der Waals surface area contributed by atoms with Gasteiger partial charge in [-0.25, -0.2) is 4.99 Å². The van der Waals surface area contributed by atoms with Crippen molar-refractivity contribution in [3.05, 3.63) is 48.5 Å². The van der Waals surface area contributed by atoms with Crippen molar-refractivity contribution >= 4 is 34.2 Å². The second-order valence-electron chi connectivity index (χ2n) is 8.70. The summed E-state index contributed by atoms with van der Waals surface area (Å²) in [5, 5.41) is 0.691. The molecule has 0 saturated carbocycles. The topological polar surface area (TPSA) is 51.1 Å². The van der Waals surface area contributed by atoms with Gasteiger partial charge in [-0.05, 0) is 73.2 Å². The summed E-state index contributed by atoms with van der Waals surface area (Å²) in [6.07, 6.45) is 4.42. The van der Waals surface area contributed by atoms with Crippen LogP contribution < -0.4 is 14.4 Å². The molecule has 3 rings (SSSR count). The molecule has 6 heteroatoms. The molecule has 1 heterocycles. The van der Waals surface area contributed by atoms with E-state index in [2.05, 4.69) is 27.7 Å². The number of benzene rings is 2. The molecule has 1 aliphatic rings. The van der Waals surface area contributed by atoms with E-state index in [0.29, 0.717) is 29.4 Å². The summed E-state index contributed by atoms with van der Waals surface area (Å²) in [5.74, 6) is 3.43. The Balaban J connectivity index is 1.62. The number of nitrogens with zero attached hydrogens (tertiary/aromatic N) is 2. The van der Waals surface area contributed by atoms with Crippen molar-refractivity contribution in [3.8, 4) is 11.5 Å². The summed E-state index contributed by atoms with van der Waals surface area (Å²) in [7, 11) is 0. The molecule has 0 bridgehead atoms. The number of aliphatic imine (C=N–C) groups is 1. The first-order valence-electron chi connectivity index (χ1n) is 12.0. The van der Waals surface area contributed by atoms with Crippen LogP contribution in [0.25, 0.3) is 0 Å². The van der Waals surface area contributed by atoms with Crippen molar-refractivity contribution in [2.75, 3.05) is 23.9 Å². The van der Waals surface area contributed by atoms with Crippen LogP contribution in [0.3, 0.4) is 0 Å². The second kappa shape index (κ2) is 12.7. The van der Waals surface area contributed by atoms with Crippen molar-refractivity contribution < 1.29 is 14.3 Å². The van der Waals surface area contributed by atoms with Crippen LogP contribution in [-0.2, 0) is 4.79 Å². The number of ether oxygens (including phenoxy) is 2. The van der Waals surface area contributed by atoms with Gasteiger partial charge in [-0.1, -0.05) is 52.3 Å². The van der Waals surface area contributed by atoms with Gasteiger partial charge in [-0.3, -0.25) is 9.69 Å². The van der Waals surface area contributed by atoms with Gasteiger partial charge in [0.05, 0.1) is 30.3 Å². The molecule has 2 unspecified atom stereocenters. The minimum Gasteiger partial charge on any atom is -0.494 e. The standard InChI is InChI=1S/C27H36N2O3S/c1-5-20(3)15-17-31-24-11-7-22(8-12-24)28-27-29(26(30)19-33-27)23-9-13-25(14-10-23)32-18-16-21(4)6-2/h7-14,20-21H,5-6,15-19H2,1-4H3. The van der Waals surface area contributed by atoms with Gasteiger partial charge in [0.2, 0.25) is 5.91 Å². The lowest BCUT2D eigenvalue weighted by Crippen LogP contribution is -2.29. The average Bonchev–Trinajstić information content (AvgIpc) is 3.20. The third-order valence-electron chi connectivity index (χ3n) is 6.07. The number of anilines is 1. The van der Waals surface area contributed by atoms with Gasteiger partial charge in [-0.2, -0.15) is 0 Å². The van der Waals surface area contributed by atoms with Crippen molar-refractivity contribution in [2.45, 2.75) is 53.4 Å². The van der Waals surface area contributed by atoms with E-state index in [0.717, 1.165) is 48.7 Å². The number of thioether (sulfide) groups is 1. The molecule has 1 aliphatic heterocycles. The molecule has 2 atom stereocenters. The van der Waals surface area contributed by atoms with Gasteiger partial charge in [-0.15, -0.1) is 0 Å². The van der Waals surface area contributed by atoms with Crippen molar-refractivity contribution in [1.29, 1.82) is 0 Å². The molecule has 1 saturated heterocycles. The normalized spacial score (nSPS) is 16.8. The number of carbonyl (C=O) groups is 1. The summed E-state index contributed by atoms with van der Waals surface area (Å²) in [4.78, 5) is 19.0. The molecule has 2 aromatic carbocycles. The van der Waals surface area contributed by atoms with E-state index in [1.54, 1.807) is 4.90 Å². The van der Waals surface area contributed by atoms with E-state index in [-0.39, 0.29) is 5.91 Å². The maximum atomic E-state index is 12.6. The van der Waals surface area contributed by atoms with Crippen LogP contribution in [0.5, 0.6) is 11.5 Å². The van der Waals surface area contributed by atoms with Crippen molar-refractivity contribution in [3.63, 3.8) is 0 Å². The molecule has 0 radical (unpaired) electrons. The minimum absolute atomic E-state index is 0.0363. The van der Waals surface area contributed by atoms with E-state index in [1.807, 2.05) is 48.5 Å². The first-order valence-corrected chi connectivity index (χ1v) is 13.0. The number of amidine groups is 1. The van der Waals surface area contributed by atoms with E-state index in [4.69, 9.17) is 14.5 Å². The molecule has 33 heavy (non-hydrogen) atoms. The van der Waals surface area contributed by atoms with Crippen molar-refractivity contribution in [1.82, 2.24) is 0 Å². The van der Waals surface area contributed by atoms with Crippen LogP contribution in [0.1, 0.15) is 53.4 Å². The van der Waals surface area contributed by atoms with Crippen LogP contribution in [-0.4, -0.2) is 30.0 Å². The summed E-state index contributed by atoms with van der Waals surface area (Å²) in [6.45, 7) is 10.3. The Morgan fingerprint density at radius 3 is 1.91 bits per heavy atom. The molecular weight excluding hydrogens is 432 g/mol. The third kappa shape index (κ3) is 7.53. The molecule has 178 valence electrons. The van der Waals surface area contributed by atoms with Gasteiger partial charge >= 0.3 is 0 Å². The first kappa shape index (κ1) is 25.2. The van der Waals surface area contributed by atoms with Gasteiger partial charge in [0, 0.05) is 0 Å². The van der Waals surface area contributed by atoms with Crippen LogP contribution in [0.15, 0.2) is 53.5 Å². The zero-order valence-corrected chi connectivity index (χ0v) is 21.1. The largest absolute Gasteiger partial charge is 0.494 e. The smallest absolute Gasteiger partial charge is 0.243 e. The fourth-order valence-electron chi connectivity index (χ4n) is 3.28. The number of hydrogen-bond donors (Lipinski definition) is 0. The molecule has 0 aromatic heterocycles. The van der Waals surface area contributed by atoms with Gasteiger partial charge in [0.1, 0.15) is 11.5 Å². The molecule has 1 amide bonds. The zero-order valence-electron chi connectivity index (χ0n) is 20.3. The van der Waals surface area contributed by atoms with Crippen molar-refractivity contribution in [2.24, 2.45) is 16.8 Å². The first-order chi connectivity index (χ1) is 16.0. The average molecular weight is 469 g/mol. The van der Waals surface area contributed by atoms with E-state index < -0.39 is 0 Å². The number of hydrogen-bond acceptors (Lipinski definition) is 5. The maximum Gasteiger partial charge on any atom is 0.243 e. The summed E-state index contributed by atoms with van der Waals surface area (Å²) < 4.78 is 11.7. The highest BCUT2D eigenvalue weighted by atomic mass is 32.2. The maximum absolute atomic E-state index is 12.6. The van der Waals surface area contributed by atoms with E-state index in [1.165, 1.54) is 18.2 Å². The second-order valence-corrected chi connectivity index (χ2v) is 9.64. The van der Waals surface area contributed by atoms with Crippen LogP contribution >= 0.6 is 11.8 Å². The number of carbonyl (C=O) groups excluding carboxylic acids is 1. The van der Waals surface area contributed by atoms with E-state index in [9.17, 15) is 4.79 Å². The Hall–Kier alpha value is -2.47. The van der Waals surface area contributed by atoms with Gasteiger partial charge in [0.25, 0.3) is 0 Å². The Labute approximate surface area is 202 Å². The highest BCUT2D eigenvalue weighted by molar-refractivity contribution is 8.15. The molecular formula is C27H36N2O3S. The van der Waals surface area contributed by atoms with Crippen LogP contribution in [0, 0.1) is 11.8 Å². The molecule has 1 fully saturated rings. The predicted molar refractivity (Wildman–Crippen MR) is 139 cm³/mol. The fourth-order valence-corrected chi connectivity index (χ4v) is 4.17. The predicted octanol–water partition coefficient (Wildman–Crippen LogP) is 7.08. The van der Waals surface area contributed by atoms with E-state index >= 15 is 0 Å². The number of amides is 1. The minimum atomic E-state index is 0.0363. The summed E-state index contributed by atoms with van der Waals surface area (Å²) in [5.41, 5.74) is 1.61. The monoisotopic (exact) mass is 468 g/mol. The zero-order chi connectivity index (χ0) is 23.6. The Bertz CT molecular complexity index is 912. The third-order valence-corrected chi connectivity index (χ3v) is 7.00. The SMILES string of the molecule is CCC(C)CCOc1ccc(N=C2SCC(=O)N2c2ccc(OCCC(C)CC)cc2)cc1. The number of rotatable bonds is 12. The highest BCUT2D eigenvalue weighted by Crippen LogP contribution is 2.30. The molecule has 0 N–H and O–H groups in total.